The minimum absolute atomic E-state index is 0.135. The number of rotatable bonds is 5. The molecule has 6 heteroatoms. The fourth-order valence-corrected chi connectivity index (χ4v) is 2.72. The molecule has 0 spiro atoms. The lowest BCUT2D eigenvalue weighted by molar-refractivity contribution is -0.140. The van der Waals surface area contributed by atoms with Crippen molar-refractivity contribution in [2.45, 2.75) is 12.6 Å². The first kappa shape index (κ1) is 17.0. The van der Waals surface area contributed by atoms with Gasteiger partial charge in [0.1, 0.15) is 6.61 Å². The highest BCUT2D eigenvalue weighted by atomic mass is 16.6. The Morgan fingerprint density at radius 1 is 1.12 bits per heavy atom. The van der Waals surface area contributed by atoms with Crippen molar-refractivity contribution in [2.24, 2.45) is 0 Å². The van der Waals surface area contributed by atoms with E-state index in [9.17, 15) is 4.79 Å². The molecule has 25 heavy (non-hydrogen) atoms. The quantitative estimate of drug-likeness (QED) is 0.835. The summed E-state index contributed by atoms with van der Waals surface area (Å²) in [6.07, 6.45) is -0.653. The Kier molecular flexibility index (Phi) is 4.97. The molecule has 0 saturated heterocycles. The molecule has 1 aliphatic heterocycles. The summed E-state index contributed by atoms with van der Waals surface area (Å²) < 4.78 is 21.9. The minimum atomic E-state index is -0.653. The van der Waals surface area contributed by atoms with E-state index in [0.717, 1.165) is 5.56 Å². The maximum absolute atomic E-state index is 12.7. The Hall–Kier alpha value is -2.89. The SMILES string of the molecule is COc1ccc(CN(C)C(=O)C2COc3ccccc3O2)cc1OC. The standard InChI is InChI=1S/C19H21NO5/c1-20(11-13-8-9-14(22-2)17(10-13)23-3)19(21)18-12-24-15-6-4-5-7-16(15)25-18/h4-10,18H,11-12H2,1-3H3. The van der Waals surface area contributed by atoms with E-state index in [1.54, 1.807) is 32.2 Å². The Morgan fingerprint density at radius 2 is 1.84 bits per heavy atom. The molecule has 1 amide bonds. The molecule has 1 heterocycles. The number of para-hydroxylation sites is 2. The zero-order valence-corrected chi connectivity index (χ0v) is 14.5. The fourth-order valence-electron chi connectivity index (χ4n) is 2.72. The van der Waals surface area contributed by atoms with Crippen LogP contribution in [0.3, 0.4) is 0 Å². The van der Waals surface area contributed by atoms with Crippen molar-refractivity contribution < 1.29 is 23.7 Å². The second kappa shape index (κ2) is 7.34. The van der Waals surface area contributed by atoms with Gasteiger partial charge in [-0.2, -0.15) is 0 Å². The highest BCUT2D eigenvalue weighted by Crippen LogP contribution is 2.31. The van der Waals surface area contributed by atoms with Gasteiger partial charge >= 0.3 is 0 Å². The van der Waals surface area contributed by atoms with Crippen LogP contribution < -0.4 is 18.9 Å². The van der Waals surface area contributed by atoms with E-state index in [4.69, 9.17) is 18.9 Å². The monoisotopic (exact) mass is 343 g/mol. The molecule has 0 aliphatic carbocycles. The van der Waals surface area contributed by atoms with Crippen LogP contribution in [-0.4, -0.2) is 44.8 Å². The van der Waals surface area contributed by atoms with Crippen LogP contribution >= 0.6 is 0 Å². The summed E-state index contributed by atoms with van der Waals surface area (Å²) in [5.41, 5.74) is 0.936. The van der Waals surface area contributed by atoms with E-state index >= 15 is 0 Å². The maximum Gasteiger partial charge on any atom is 0.267 e. The van der Waals surface area contributed by atoms with Crippen LogP contribution in [-0.2, 0) is 11.3 Å². The number of hydrogen-bond acceptors (Lipinski definition) is 5. The zero-order valence-electron chi connectivity index (χ0n) is 14.5. The molecule has 2 aromatic carbocycles. The number of hydrogen-bond donors (Lipinski definition) is 0. The second-order valence-corrected chi connectivity index (χ2v) is 5.75. The van der Waals surface area contributed by atoms with Gasteiger partial charge in [-0.15, -0.1) is 0 Å². The minimum Gasteiger partial charge on any atom is -0.493 e. The Morgan fingerprint density at radius 3 is 2.56 bits per heavy atom. The first-order chi connectivity index (χ1) is 12.1. The van der Waals surface area contributed by atoms with Crippen molar-refractivity contribution in [1.29, 1.82) is 0 Å². The van der Waals surface area contributed by atoms with E-state index in [-0.39, 0.29) is 12.5 Å². The number of carbonyl (C=O) groups is 1. The van der Waals surface area contributed by atoms with E-state index in [1.807, 2.05) is 36.4 Å². The third-order valence-electron chi connectivity index (χ3n) is 4.03. The maximum atomic E-state index is 12.7. The van der Waals surface area contributed by atoms with E-state index in [0.29, 0.717) is 29.5 Å². The molecule has 0 saturated carbocycles. The predicted molar refractivity (Wildman–Crippen MR) is 92.4 cm³/mol. The van der Waals surface area contributed by atoms with Crippen molar-refractivity contribution in [3.8, 4) is 23.0 Å². The van der Waals surface area contributed by atoms with Gasteiger partial charge in [-0.1, -0.05) is 18.2 Å². The lowest BCUT2D eigenvalue weighted by atomic mass is 10.1. The van der Waals surface area contributed by atoms with E-state index < -0.39 is 6.10 Å². The van der Waals surface area contributed by atoms with E-state index in [1.165, 1.54) is 0 Å². The third kappa shape index (κ3) is 3.63. The highest BCUT2D eigenvalue weighted by molar-refractivity contribution is 5.81. The van der Waals surface area contributed by atoms with Crippen molar-refractivity contribution in [2.75, 3.05) is 27.9 Å². The summed E-state index contributed by atoms with van der Waals surface area (Å²) >= 11 is 0. The van der Waals surface area contributed by atoms with E-state index in [2.05, 4.69) is 0 Å². The molecule has 1 unspecified atom stereocenters. The molecule has 3 rings (SSSR count). The van der Waals surface area contributed by atoms with Gasteiger partial charge in [0.25, 0.3) is 5.91 Å². The van der Waals surface area contributed by atoms with Crippen LogP contribution in [0.25, 0.3) is 0 Å². The smallest absolute Gasteiger partial charge is 0.267 e. The molecule has 0 fully saturated rings. The van der Waals surface area contributed by atoms with Gasteiger partial charge < -0.3 is 23.8 Å². The first-order valence-corrected chi connectivity index (χ1v) is 7.96. The lowest BCUT2D eigenvalue weighted by Gasteiger charge is -2.29. The zero-order chi connectivity index (χ0) is 17.8. The molecule has 1 atom stereocenters. The van der Waals surface area contributed by atoms with Gasteiger partial charge in [0.2, 0.25) is 6.10 Å². The average molecular weight is 343 g/mol. The Balaban J connectivity index is 1.67. The Labute approximate surface area is 146 Å². The predicted octanol–water partition coefficient (Wildman–Crippen LogP) is 2.50. The summed E-state index contributed by atoms with van der Waals surface area (Å²) in [4.78, 5) is 14.3. The van der Waals surface area contributed by atoms with Crippen LogP contribution in [0.5, 0.6) is 23.0 Å². The van der Waals surface area contributed by atoms with Gasteiger partial charge in [0, 0.05) is 13.6 Å². The highest BCUT2D eigenvalue weighted by Gasteiger charge is 2.29. The summed E-state index contributed by atoms with van der Waals surface area (Å²) in [7, 11) is 4.91. The molecule has 0 bridgehead atoms. The van der Waals surface area contributed by atoms with Crippen LogP contribution in [0, 0.1) is 0 Å². The summed E-state index contributed by atoms with van der Waals surface area (Å²) in [5.74, 6) is 2.40. The molecule has 2 aromatic rings. The molecular weight excluding hydrogens is 322 g/mol. The molecule has 132 valence electrons. The van der Waals surface area contributed by atoms with Crippen LogP contribution in [0.1, 0.15) is 5.56 Å². The van der Waals surface area contributed by atoms with Crippen LogP contribution in [0.15, 0.2) is 42.5 Å². The number of methoxy groups -OCH3 is 2. The second-order valence-electron chi connectivity index (χ2n) is 5.75. The molecular formula is C19H21NO5. The van der Waals surface area contributed by atoms with Crippen molar-refractivity contribution in [3.63, 3.8) is 0 Å². The van der Waals surface area contributed by atoms with Crippen molar-refractivity contribution in [1.82, 2.24) is 4.90 Å². The average Bonchev–Trinajstić information content (AvgIpc) is 2.66. The number of benzene rings is 2. The molecule has 6 nitrogen and oxygen atoms in total. The largest absolute Gasteiger partial charge is 0.493 e. The van der Waals surface area contributed by atoms with Gasteiger partial charge in [0.15, 0.2) is 23.0 Å². The summed E-state index contributed by atoms with van der Waals surface area (Å²) in [5, 5.41) is 0. The van der Waals surface area contributed by atoms with Crippen molar-refractivity contribution >= 4 is 5.91 Å². The normalized spacial score (nSPS) is 15.4. The summed E-state index contributed by atoms with van der Waals surface area (Å²) in [6, 6.07) is 12.9. The lowest BCUT2D eigenvalue weighted by Crippen LogP contribution is -2.44. The molecule has 0 N–H and O–H groups in total. The first-order valence-electron chi connectivity index (χ1n) is 7.96. The van der Waals surface area contributed by atoms with Crippen LogP contribution in [0.4, 0.5) is 0 Å². The molecule has 1 aliphatic rings. The molecule has 0 radical (unpaired) electrons. The number of amides is 1. The van der Waals surface area contributed by atoms with Gasteiger partial charge in [-0.25, -0.2) is 0 Å². The summed E-state index contributed by atoms with van der Waals surface area (Å²) in [6.45, 7) is 0.632. The fraction of sp³-hybridized carbons (Fsp3) is 0.316. The van der Waals surface area contributed by atoms with Gasteiger partial charge in [-0.05, 0) is 29.8 Å². The van der Waals surface area contributed by atoms with Crippen LogP contribution in [0.2, 0.25) is 0 Å². The third-order valence-corrected chi connectivity index (χ3v) is 4.03. The van der Waals surface area contributed by atoms with Crippen molar-refractivity contribution in [3.05, 3.63) is 48.0 Å². The number of nitrogens with zero attached hydrogens (tertiary/aromatic N) is 1. The topological polar surface area (TPSA) is 57.2 Å². The number of likely N-dealkylation sites (N-methyl/N-ethyl adjacent to an activating group) is 1. The van der Waals surface area contributed by atoms with Gasteiger partial charge in [-0.3, -0.25) is 4.79 Å². The molecule has 0 aromatic heterocycles. The Bertz CT molecular complexity index is 761. The number of ether oxygens (including phenoxy) is 4. The number of fused-ring (bicyclic) bond motifs is 1. The van der Waals surface area contributed by atoms with Gasteiger partial charge in [0.05, 0.1) is 14.2 Å². The number of carbonyl (C=O) groups excluding carboxylic acids is 1.